The van der Waals surface area contributed by atoms with Crippen molar-refractivity contribution in [1.82, 2.24) is 4.98 Å². The highest BCUT2D eigenvalue weighted by atomic mass is 16.5. The molecule has 0 spiro atoms. The van der Waals surface area contributed by atoms with Gasteiger partial charge in [-0.2, -0.15) is 0 Å². The van der Waals surface area contributed by atoms with Gasteiger partial charge in [-0.1, -0.05) is 18.2 Å². The van der Waals surface area contributed by atoms with E-state index in [1.807, 2.05) is 24.3 Å². The van der Waals surface area contributed by atoms with Gasteiger partial charge in [0, 0.05) is 5.56 Å². The summed E-state index contributed by atoms with van der Waals surface area (Å²) >= 11 is 0. The van der Waals surface area contributed by atoms with Gasteiger partial charge >= 0.3 is 0 Å². The zero-order valence-corrected chi connectivity index (χ0v) is 20.1. The maximum absolute atomic E-state index is 13.9. The molecule has 0 bridgehead atoms. The van der Waals surface area contributed by atoms with Crippen LogP contribution in [0.5, 0.6) is 28.7 Å². The van der Waals surface area contributed by atoms with Crippen LogP contribution in [0.2, 0.25) is 0 Å². The number of ether oxygens (including phenoxy) is 5. The summed E-state index contributed by atoms with van der Waals surface area (Å²) < 4.78 is 33.0. The number of aromatic nitrogens is 1. The highest BCUT2D eigenvalue weighted by molar-refractivity contribution is 6.32. The van der Waals surface area contributed by atoms with Crippen LogP contribution >= 0.6 is 0 Å². The number of Topliss-reactive ketones (excluding diaryl/α,β-unsaturated/α-hetero) is 1. The van der Waals surface area contributed by atoms with E-state index >= 15 is 0 Å². The third kappa shape index (κ3) is 4.63. The van der Waals surface area contributed by atoms with E-state index in [0.717, 1.165) is 0 Å². The number of ketones is 1. The molecule has 0 aliphatic rings. The van der Waals surface area contributed by atoms with Crippen LogP contribution in [0.3, 0.4) is 0 Å². The summed E-state index contributed by atoms with van der Waals surface area (Å²) in [5.74, 6) is 2.04. The van der Waals surface area contributed by atoms with E-state index in [1.165, 1.54) is 21.3 Å². The Hall–Kier alpha value is -4.46. The van der Waals surface area contributed by atoms with E-state index in [-0.39, 0.29) is 17.2 Å². The fourth-order valence-corrected chi connectivity index (χ4v) is 3.69. The van der Waals surface area contributed by atoms with Gasteiger partial charge in [0.25, 0.3) is 0 Å². The van der Waals surface area contributed by atoms with Crippen molar-refractivity contribution in [1.29, 1.82) is 0 Å². The molecule has 0 N–H and O–H groups in total. The minimum Gasteiger partial charge on any atom is -0.493 e. The Morgan fingerprint density at radius 3 is 2.03 bits per heavy atom. The highest BCUT2D eigenvalue weighted by Gasteiger charge is 2.24. The molecule has 3 aromatic carbocycles. The summed E-state index contributed by atoms with van der Waals surface area (Å²) in [7, 11) is 7.60. The molecule has 180 valence electrons. The second kappa shape index (κ2) is 10.2. The Labute approximate surface area is 202 Å². The molecule has 1 aromatic heterocycles. The summed E-state index contributed by atoms with van der Waals surface area (Å²) in [6, 6.07) is 15.8. The standard InChI is InChI=1S/C27H25NO7/c1-30-21-11-10-16(13-22(21)31-2)12-18(27-28-19-8-6-7-9-20(19)35-27)25(29)17-14-23(32-3)26(34-5)24(15-17)33-4/h6-15H,1-5H3/b18-12-. The lowest BCUT2D eigenvalue weighted by atomic mass is 9.99. The van der Waals surface area contributed by atoms with Crippen LogP contribution in [0.1, 0.15) is 21.8 Å². The topological polar surface area (TPSA) is 89.3 Å². The summed E-state index contributed by atoms with van der Waals surface area (Å²) in [6.07, 6.45) is 1.69. The second-order valence-electron chi connectivity index (χ2n) is 7.40. The first-order valence-electron chi connectivity index (χ1n) is 10.7. The number of methoxy groups -OCH3 is 5. The van der Waals surface area contributed by atoms with Gasteiger partial charge in [-0.05, 0) is 48.0 Å². The van der Waals surface area contributed by atoms with E-state index < -0.39 is 0 Å². The molecule has 1 heterocycles. The number of carbonyl (C=O) groups is 1. The lowest BCUT2D eigenvalue weighted by Gasteiger charge is -2.14. The van der Waals surface area contributed by atoms with Crippen molar-refractivity contribution in [2.75, 3.05) is 35.5 Å². The Bertz CT molecular complexity index is 1350. The number of allylic oxidation sites excluding steroid dienone is 1. The Morgan fingerprint density at radius 1 is 0.771 bits per heavy atom. The third-order valence-corrected chi connectivity index (χ3v) is 5.41. The number of nitrogens with zero attached hydrogens (tertiary/aromatic N) is 1. The SMILES string of the molecule is COc1ccc(/C=C(/C(=O)c2cc(OC)c(OC)c(OC)c2)c2nc3ccccc3o2)cc1OC. The van der Waals surface area contributed by atoms with Gasteiger partial charge in [0.1, 0.15) is 5.52 Å². The molecule has 0 amide bonds. The van der Waals surface area contributed by atoms with Crippen LogP contribution in [-0.4, -0.2) is 46.3 Å². The molecule has 4 rings (SSSR count). The van der Waals surface area contributed by atoms with Gasteiger partial charge in [-0.15, -0.1) is 0 Å². The molecule has 0 unspecified atom stereocenters. The zero-order chi connectivity index (χ0) is 24.9. The third-order valence-electron chi connectivity index (χ3n) is 5.41. The number of carbonyl (C=O) groups excluding carboxylic acids is 1. The molecule has 8 nitrogen and oxygen atoms in total. The molecular weight excluding hydrogens is 450 g/mol. The average Bonchev–Trinajstić information content (AvgIpc) is 3.34. The Balaban J connectivity index is 1.90. The number of benzene rings is 3. The van der Waals surface area contributed by atoms with E-state index in [1.54, 1.807) is 50.6 Å². The van der Waals surface area contributed by atoms with Crippen LogP contribution in [0.15, 0.2) is 59.0 Å². The molecule has 0 saturated heterocycles. The van der Waals surface area contributed by atoms with Crippen molar-refractivity contribution >= 4 is 28.5 Å². The largest absolute Gasteiger partial charge is 0.493 e. The Kier molecular flexibility index (Phi) is 6.91. The van der Waals surface area contributed by atoms with Crippen LogP contribution in [0.4, 0.5) is 0 Å². The normalized spacial score (nSPS) is 11.3. The lowest BCUT2D eigenvalue weighted by Crippen LogP contribution is -2.06. The van der Waals surface area contributed by atoms with Gasteiger partial charge in [0.15, 0.2) is 34.4 Å². The summed E-state index contributed by atoms with van der Waals surface area (Å²) in [4.78, 5) is 18.4. The second-order valence-corrected chi connectivity index (χ2v) is 7.40. The monoisotopic (exact) mass is 475 g/mol. The van der Waals surface area contributed by atoms with Crippen LogP contribution in [0, 0.1) is 0 Å². The molecule has 0 fully saturated rings. The van der Waals surface area contributed by atoms with E-state index in [2.05, 4.69) is 4.98 Å². The molecule has 0 radical (unpaired) electrons. The van der Waals surface area contributed by atoms with Crippen LogP contribution < -0.4 is 23.7 Å². The maximum atomic E-state index is 13.9. The first kappa shape index (κ1) is 23.7. The zero-order valence-electron chi connectivity index (χ0n) is 20.1. The quantitative estimate of drug-likeness (QED) is 0.238. The predicted molar refractivity (Wildman–Crippen MR) is 132 cm³/mol. The van der Waals surface area contributed by atoms with E-state index in [9.17, 15) is 4.79 Å². The fourth-order valence-electron chi connectivity index (χ4n) is 3.69. The van der Waals surface area contributed by atoms with Crippen molar-refractivity contribution < 1.29 is 32.9 Å². The average molecular weight is 475 g/mol. The number of para-hydroxylation sites is 2. The predicted octanol–water partition coefficient (Wildman–Crippen LogP) is 5.29. The number of hydrogen-bond donors (Lipinski definition) is 0. The molecule has 0 saturated carbocycles. The van der Waals surface area contributed by atoms with Gasteiger partial charge in [-0.25, -0.2) is 4.98 Å². The molecule has 0 aliphatic heterocycles. The first-order valence-corrected chi connectivity index (χ1v) is 10.7. The van der Waals surface area contributed by atoms with E-state index in [4.69, 9.17) is 28.1 Å². The molecule has 8 heteroatoms. The first-order chi connectivity index (χ1) is 17.0. The highest BCUT2D eigenvalue weighted by Crippen LogP contribution is 2.40. The molecule has 0 aliphatic carbocycles. The van der Waals surface area contributed by atoms with E-state index in [0.29, 0.717) is 51.0 Å². The van der Waals surface area contributed by atoms with Gasteiger partial charge in [-0.3, -0.25) is 4.79 Å². The number of hydrogen-bond acceptors (Lipinski definition) is 8. The van der Waals surface area contributed by atoms with Crippen molar-refractivity contribution in [3.05, 3.63) is 71.6 Å². The molecule has 35 heavy (non-hydrogen) atoms. The van der Waals surface area contributed by atoms with Crippen molar-refractivity contribution in [3.8, 4) is 28.7 Å². The number of rotatable bonds is 9. The lowest BCUT2D eigenvalue weighted by molar-refractivity contribution is 0.105. The van der Waals surface area contributed by atoms with Crippen molar-refractivity contribution in [3.63, 3.8) is 0 Å². The fraction of sp³-hybridized carbons (Fsp3) is 0.185. The summed E-state index contributed by atoms with van der Waals surface area (Å²) in [6.45, 7) is 0. The van der Waals surface area contributed by atoms with Crippen LogP contribution in [-0.2, 0) is 0 Å². The van der Waals surface area contributed by atoms with Crippen molar-refractivity contribution in [2.24, 2.45) is 0 Å². The summed E-state index contributed by atoms with van der Waals surface area (Å²) in [5.41, 5.74) is 2.45. The molecule has 0 atom stereocenters. The van der Waals surface area contributed by atoms with Gasteiger partial charge in [0.05, 0.1) is 41.1 Å². The Morgan fingerprint density at radius 2 is 1.43 bits per heavy atom. The minimum absolute atomic E-state index is 0.180. The number of oxazole rings is 1. The smallest absolute Gasteiger partial charge is 0.231 e. The van der Waals surface area contributed by atoms with Crippen molar-refractivity contribution in [2.45, 2.75) is 0 Å². The molecule has 4 aromatic rings. The number of fused-ring (bicyclic) bond motifs is 1. The maximum Gasteiger partial charge on any atom is 0.231 e. The molecular formula is C27H25NO7. The summed E-state index contributed by atoms with van der Waals surface area (Å²) in [5, 5.41) is 0. The van der Waals surface area contributed by atoms with Crippen LogP contribution in [0.25, 0.3) is 22.7 Å². The van der Waals surface area contributed by atoms with Gasteiger partial charge in [0.2, 0.25) is 11.6 Å². The van der Waals surface area contributed by atoms with Gasteiger partial charge < -0.3 is 28.1 Å². The minimum atomic E-state index is -0.342.